The number of rotatable bonds is 11. The van der Waals surface area contributed by atoms with Gasteiger partial charge in [-0.3, -0.25) is 0 Å². The number of ether oxygens (including phenoxy) is 1. The first-order valence-electron chi connectivity index (χ1n) is 11.6. The lowest BCUT2D eigenvalue weighted by atomic mass is 10.2. The second kappa shape index (κ2) is 11.4. The summed E-state index contributed by atoms with van der Waals surface area (Å²) in [5.74, 6) is 3.56. The monoisotopic (exact) mass is 431 g/mol. The number of imidazole rings is 1. The number of hydrogen-bond donors (Lipinski definition) is 2. The van der Waals surface area contributed by atoms with Crippen LogP contribution in [0.3, 0.4) is 0 Å². The Kier molecular flexibility index (Phi) is 7.79. The molecular weight excluding hydrogens is 398 g/mol. The largest absolute Gasteiger partial charge is 0.493 e. The number of guanidine groups is 1. The second-order valence-corrected chi connectivity index (χ2v) is 8.19. The van der Waals surface area contributed by atoms with E-state index in [1.807, 2.05) is 36.7 Å². The molecule has 6 heteroatoms. The molecule has 3 aromatic rings. The van der Waals surface area contributed by atoms with Gasteiger partial charge in [0.2, 0.25) is 0 Å². The minimum atomic E-state index is 0.582. The highest BCUT2D eigenvalue weighted by molar-refractivity contribution is 5.79. The highest BCUT2D eigenvalue weighted by Crippen LogP contribution is 2.30. The van der Waals surface area contributed by atoms with Crippen LogP contribution in [-0.2, 0) is 19.5 Å². The number of nitrogens with one attached hydrogen (secondary N) is 2. The maximum atomic E-state index is 6.02. The zero-order chi connectivity index (χ0) is 22.0. The molecule has 0 radical (unpaired) electrons. The smallest absolute Gasteiger partial charge is 0.191 e. The minimum Gasteiger partial charge on any atom is -0.493 e. The molecule has 4 rings (SSSR count). The minimum absolute atomic E-state index is 0.582. The summed E-state index contributed by atoms with van der Waals surface area (Å²) in [7, 11) is 0. The predicted molar refractivity (Wildman–Crippen MR) is 129 cm³/mol. The van der Waals surface area contributed by atoms with Gasteiger partial charge in [0.15, 0.2) is 5.96 Å². The first-order valence-corrected chi connectivity index (χ1v) is 11.6. The topological polar surface area (TPSA) is 63.5 Å². The first kappa shape index (κ1) is 21.9. The number of para-hydroxylation sites is 1. The normalized spacial score (nSPS) is 13.7. The third kappa shape index (κ3) is 6.61. The van der Waals surface area contributed by atoms with Crippen molar-refractivity contribution in [3.05, 3.63) is 83.9 Å². The lowest BCUT2D eigenvalue weighted by molar-refractivity contribution is 0.297. The van der Waals surface area contributed by atoms with Crippen LogP contribution in [0.4, 0.5) is 0 Å². The fourth-order valence-corrected chi connectivity index (χ4v) is 3.56. The van der Waals surface area contributed by atoms with Gasteiger partial charge in [-0.05, 0) is 37.3 Å². The Morgan fingerprint density at radius 1 is 1.09 bits per heavy atom. The van der Waals surface area contributed by atoms with Gasteiger partial charge in [-0.2, -0.15) is 0 Å². The summed E-state index contributed by atoms with van der Waals surface area (Å²) >= 11 is 0. The number of nitrogens with zero attached hydrogens (tertiary/aromatic N) is 3. The molecule has 168 valence electrons. The molecule has 1 heterocycles. The van der Waals surface area contributed by atoms with Crippen LogP contribution in [0.1, 0.15) is 36.7 Å². The molecule has 1 saturated carbocycles. The zero-order valence-electron chi connectivity index (χ0n) is 18.8. The standard InChI is InChI=1S/C26H33N5O/c1-2-27-26(30-18-23-10-6-7-11-24(23)32-20-22-12-13-22)29-15-14-25-28-16-17-31(25)19-21-8-4-3-5-9-21/h3-11,16-17,22H,2,12-15,18-20H2,1H3,(H2,27,29,30). The fourth-order valence-electron chi connectivity index (χ4n) is 3.56. The van der Waals surface area contributed by atoms with E-state index in [1.54, 1.807) is 0 Å². The molecule has 1 aliphatic rings. The van der Waals surface area contributed by atoms with E-state index in [1.165, 1.54) is 18.4 Å². The molecule has 0 amide bonds. The van der Waals surface area contributed by atoms with Crippen molar-refractivity contribution in [2.75, 3.05) is 19.7 Å². The molecule has 32 heavy (non-hydrogen) atoms. The van der Waals surface area contributed by atoms with E-state index in [-0.39, 0.29) is 0 Å². The van der Waals surface area contributed by atoms with Gasteiger partial charge < -0.3 is 19.9 Å². The third-order valence-corrected chi connectivity index (χ3v) is 5.53. The molecule has 0 aliphatic heterocycles. The summed E-state index contributed by atoms with van der Waals surface area (Å²) in [4.78, 5) is 9.33. The molecule has 2 N–H and O–H groups in total. The Balaban J connectivity index is 1.31. The van der Waals surface area contributed by atoms with Gasteiger partial charge in [0, 0.05) is 44.0 Å². The average Bonchev–Trinajstić information content (AvgIpc) is 3.56. The van der Waals surface area contributed by atoms with Crippen LogP contribution >= 0.6 is 0 Å². The molecule has 0 saturated heterocycles. The van der Waals surface area contributed by atoms with Crippen molar-refractivity contribution in [2.45, 2.75) is 39.3 Å². The maximum Gasteiger partial charge on any atom is 0.191 e. The SMILES string of the molecule is CCNC(=NCc1ccccc1OCC1CC1)NCCc1nccn1Cc1ccccc1. The molecule has 1 aromatic heterocycles. The van der Waals surface area contributed by atoms with Gasteiger partial charge in [0.05, 0.1) is 13.2 Å². The molecule has 6 nitrogen and oxygen atoms in total. The Morgan fingerprint density at radius 2 is 1.91 bits per heavy atom. The molecule has 0 atom stereocenters. The summed E-state index contributed by atoms with van der Waals surface area (Å²) in [6.45, 7) is 5.89. The maximum absolute atomic E-state index is 6.02. The van der Waals surface area contributed by atoms with E-state index in [0.717, 1.165) is 61.7 Å². The lowest BCUT2D eigenvalue weighted by Gasteiger charge is -2.13. The van der Waals surface area contributed by atoms with Crippen molar-refractivity contribution in [3.8, 4) is 5.75 Å². The van der Waals surface area contributed by atoms with Gasteiger partial charge in [-0.25, -0.2) is 9.98 Å². The Hall–Kier alpha value is -3.28. The van der Waals surface area contributed by atoms with Crippen LogP contribution in [-0.4, -0.2) is 35.2 Å². The molecule has 0 spiro atoms. The van der Waals surface area contributed by atoms with Gasteiger partial charge in [-0.1, -0.05) is 48.5 Å². The van der Waals surface area contributed by atoms with Crippen LogP contribution < -0.4 is 15.4 Å². The molecule has 2 aromatic carbocycles. The average molecular weight is 432 g/mol. The van der Waals surface area contributed by atoms with Crippen molar-refractivity contribution in [1.29, 1.82) is 0 Å². The van der Waals surface area contributed by atoms with Gasteiger partial charge in [-0.15, -0.1) is 0 Å². The number of aromatic nitrogens is 2. The Bertz CT molecular complexity index is 994. The predicted octanol–water partition coefficient (Wildman–Crippen LogP) is 4.02. The molecule has 0 unspecified atom stereocenters. The molecule has 1 fully saturated rings. The van der Waals surface area contributed by atoms with Crippen molar-refractivity contribution in [1.82, 2.24) is 20.2 Å². The van der Waals surface area contributed by atoms with E-state index in [2.05, 4.69) is 57.4 Å². The van der Waals surface area contributed by atoms with E-state index in [0.29, 0.717) is 6.54 Å². The second-order valence-electron chi connectivity index (χ2n) is 8.19. The summed E-state index contributed by atoms with van der Waals surface area (Å²) in [6.07, 6.45) is 7.32. The molecule has 0 bridgehead atoms. The van der Waals surface area contributed by atoms with Crippen LogP contribution in [0, 0.1) is 5.92 Å². The summed E-state index contributed by atoms with van der Waals surface area (Å²) in [5.41, 5.74) is 2.39. The van der Waals surface area contributed by atoms with Crippen molar-refractivity contribution < 1.29 is 4.74 Å². The van der Waals surface area contributed by atoms with Gasteiger partial charge >= 0.3 is 0 Å². The number of aliphatic imine (C=N–C) groups is 1. The number of benzene rings is 2. The first-order chi connectivity index (χ1) is 15.8. The van der Waals surface area contributed by atoms with Crippen LogP contribution in [0.15, 0.2) is 72.0 Å². The van der Waals surface area contributed by atoms with Crippen molar-refractivity contribution in [3.63, 3.8) is 0 Å². The van der Waals surface area contributed by atoms with E-state index >= 15 is 0 Å². The number of hydrogen-bond acceptors (Lipinski definition) is 3. The lowest BCUT2D eigenvalue weighted by Crippen LogP contribution is -2.38. The Morgan fingerprint density at radius 3 is 2.72 bits per heavy atom. The summed E-state index contributed by atoms with van der Waals surface area (Å²) in [6, 6.07) is 18.7. The van der Waals surface area contributed by atoms with Crippen molar-refractivity contribution >= 4 is 5.96 Å². The zero-order valence-corrected chi connectivity index (χ0v) is 18.8. The van der Waals surface area contributed by atoms with E-state index < -0.39 is 0 Å². The molecule has 1 aliphatic carbocycles. The van der Waals surface area contributed by atoms with E-state index in [9.17, 15) is 0 Å². The van der Waals surface area contributed by atoms with E-state index in [4.69, 9.17) is 9.73 Å². The van der Waals surface area contributed by atoms with Crippen LogP contribution in [0.5, 0.6) is 5.75 Å². The highest BCUT2D eigenvalue weighted by Gasteiger charge is 2.22. The van der Waals surface area contributed by atoms with Crippen LogP contribution in [0.2, 0.25) is 0 Å². The third-order valence-electron chi connectivity index (χ3n) is 5.53. The van der Waals surface area contributed by atoms with Gasteiger partial charge in [0.25, 0.3) is 0 Å². The highest BCUT2D eigenvalue weighted by atomic mass is 16.5. The van der Waals surface area contributed by atoms with Gasteiger partial charge in [0.1, 0.15) is 11.6 Å². The quantitative estimate of drug-likeness (QED) is 0.356. The van der Waals surface area contributed by atoms with Crippen molar-refractivity contribution in [2.24, 2.45) is 10.9 Å². The summed E-state index contributed by atoms with van der Waals surface area (Å²) in [5, 5.41) is 6.78. The Labute approximate surface area is 190 Å². The van der Waals surface area contributed by atoms with Crippen LogP contribution in [0.25, 0.3) is 0 Å². The summed E-state index contributed by atoms with van der Waals surface area (Å²) < 4.78 is 8.23. The fraction of sp³-hybridized carbons (Fsp3) is 0.385. The molecular formula is C26H33N5O.